The summed E-state index contributed by atoms with van der Waals surface area (Å²) in [6.07, 6.45) is 1.57. The van der Waals surface area contributed by atoms with E-state index in [-0.39, 0.29) is 17.3 Å². The number of rotatable bonds is 6. The number of ether oxygens (including phenoxy) is 3. The Kier molecular flexibility index (Phi) is 6.56. The number of nitrogens with zero attached hydrogens (tertiary/aromatic N) is 1. The predicted octanol–water partition coefficient (Wildman–Crippen LogP) is 5.61. The maximum absolute atomic E-state index is 12.6. The van der Waals surface area contributed by atoms with Crippen LogP contribution in [0.25, 0.3) is 6.08 Å². The lowest BCUT2D eigenvalue weighted by atomic mass is 10.1. The highest BCUT2D eigenvalue weighted by atomic mass is 35.5. The minimum Gasteiger partial charge on any atom is -0.490 e. The number of aryl methyl sites for hydroxylation is 1. The quantitative estimate of drug-likeness (QED) is 0.271. The molecule has 1 aliphatic rings. The molecule has 7 heteroatoms. The van der Waals surface area contributed by atoms with Crippen molar-refractivity contribution in [1.29, 1.82) is 0 Å². The van der Waals surface area contributed by atoms with Crippen LogP contribution < -0.4 is 9.47 Å². The fraction of sp³-hybridized carbons (Fsp3) is 0.115. The summed E-state index contributed by atoms with van der Waals surface area (Å²) in [7, 11) is 0. The third-order valence-corrected chi connectivity index (χ3v) is 5.19. The predicted molar refractivity (Wildman–Crippen MR) is 126 cm³/mol. The number of esters is 2. The second-order valence-electron chi connectivity index (χ2n) is 7.16. The van der Waals surface area contributed by atoms with E-state index in [1.54, 1.807) is 60.7 Å². The van der Waals surface area contributed by atoms with Crippen LogP contribution in [0.5, 0.6) is 11.5 Å². The third kappa shape index (κ3) is 4.96. The van der Waals surface area contributed by atoms with Crippen LogP contribution in [-0.4, -0.2) is 24.4 Å². The van der Waals surface area contributed by atoms with Gasteiger partial charge in [0.25, 0.3) is 0 Å². The zero-order chi connectivity index (χ0) is 23.4. The van der Waals surface area contributed by atoms with E-state index in [0.717, 1.165) is 5.56 Å². The summed E-state index contributed by atoms with van der Waals surface area (Å²) in [5.74, 6) is -0.269. The average molecular weight is 462 g/mol. The van der Waals surface area contributed by atoms with E-state index in [0.29, 0.717) is 34.1 Å². The van der Waals surface area contributed by atoms with E-state index in [9.17, 15) is 9.59 Å². The zero-order valence-electron chi connectivity index (χ0n) is 18.0. The van der Waals surface area contributed by atoms with Crippen LogP contribution in [0.3, 0.4) is 0 Å². The van der Waals surface area contributed by atoms with Crippen LogP contribution in [0.4, 0.5) is 0 Å². The summed E-state index contributed by atoms with van der Waals surface area (Å²) >= 11 is 6.18. The lowest BCUT2D eigenvalue weighted by Gasteiger charge is -2.12. The highest BCUT2D eigenvalue weighted by Gasteiger charge is 2.25. The smallest absolute Gasteiger partial charge is 0.363 e. The lowest BCUT2D eigenvalue weighted by molar-refractivity contribution is -0.129. The van der Waals surface area contributed by atoms with Gasteiger partial charge in [0.2, 0.25) is 5.90 Å². The van der Waals surface area contributed by atoms with Gasteiger partial charge in [-0.25, -0.2) is 14.6 Å². The largest absolute Gasteiger partial charge is 0.490 e. The summed E-state index contributed by atoms with van der Waals surface area (Å²) in [5.41, 5.74) is 2.57. The van der Waals surface area contributed by atoms with E-state index in [1.807, 2.05) is 26.0 Å². The van der Waals surface area contributed by atoms with Gasteiger partial charge in [-0.1, -0.05) is 48.0 Å². The number of carbonyl (C=O) groups excluding carboxylic acids is 2. The minimum atomic E-state index is -0.585. The topological polar surface area (TPSA) is 74.2 Å². The zero-order valence-corrected chi connectivity index (χ0v) is 18.8. The minimum absolute atomic E-state index is 0.122. The molecule has 1 heterocycles. The number of carbonyl (C=O) groups is 2. The van der Waals surface area contributed by atoms with Crippen molar-refractivity contribution in [2.24, 2.45) is 4.99 Å². The van der Waals surface area contributed by atoms with Gasteiger partial charge in [-0.3, -0.25) is 0 Å². The van der Waals surface area contributed by atoms with Crippen molar-refractivity contribution in [3.63, 3.8) is 0 Å². The fourth-order valence-corrected chi connectivity index (χ4v) is 3.46. The van der Waals surface area contributed by atoms with Gasteiger partial charge in [0, 0.05) is 0 Å². The normalized spacial score (nSPS) is 14.1. The molecule has 6 nitrogen and oxygen atoms in total. The van der Waals surface area contributed by atoms with Crippen LogP contribution in [0.2, 0.25) is 5.02 Å². The summed E-state index contributed by atoms with van der Waals surface area (Å²) in [6.45, 7) is 4.03. The van der Waals surface area contributed by atoms with Crippen molar-refractivity contribution in [2.45, 2.75) is 13.8 Å². The van der Waals surface area contributed by atoms with E-state index in [2.05, 4.69) is 4.99 Å². The number of hydrogen-bond acceptors (Lipinski definition) is 6. The molecule has 0 unspecified atom stereocenters. The average Bonchev–Trinajstić information content (AvgIpc) is 3.16. The third-order valence-electron chi connectivity index (χ3n) is 4.86. The standard InChI is InChI=1S/C26H20ClNO5/c1-3-31-23-15-17(12-13-22(23)32-25(29)18-9-5-4-8-16(18)2)14-21-26(30)33-24(28-21)19-10-6-7-11-20(19)27/h4-15H,3H2,1-2H3/b21-14-. The molecule has 166 valence electrons. The first-order valence-corrected chi connectivity index (χ1v) is 10.7. The number of cyclic esters (lactones) is 1. The van der Waals surface area contributed by atoms with Gasteiger partial charge in [-0.15, -0.1) is 0 Å². The molecule has 4 rings (SSSR count). The fourth-order valence-electron chi connectivity index (χ4n) is 3.24. The van der Waals surface area contributed by atoms with Gasteiger partial charge >= 0.3 is 11.9 Å². The molecule has 0 saturated carbocycles. The van der Waals surface area contributed by atoms with Crippen LogP contribution in [0.1, 0.15) is 34.0 Å². The van der Waals surface area contributed by atoms with Gasteiger partial charge in [-0.05, 0) is 61.4 Å². The Morgan fingerprint density at radius 1 is 1.06 bits per heavy atom. The maximum atomic E-state index is 12.6. The number of halogens is 1. The Balaban J connectivity index is 1.62. The Morgan fingerprint density at radius 2 is 1.82 bits per heavy atom. The van der Waals surface area contributed by atoms with Gasteiger partial charge in [0.15, 0.2) is 17.2 Å². The Morgan fingerprint density at radius 3 is 2.58 bits per heavy atom. The number of benzene rings is 3. The molecule has 0 bridgehead atoms. The Labute approximate surface area is 196 Å². The molecule has 0 saturated heterocycles. The molecule has 0 radical (unpaired) electrons. The maximum Gasteiger partial charge on any atom is 0.363 e. The molecule has 3 aromatic rings. The van der Waals surface area contributed by atoms with Gasteiger partial charge in [-0.2, -0.15) is 0 Å². The molecule has 0 atom stereocenters. The second-order valence-corrected chi connectivity index (χ2v) is 7.57. The van der Waals surface area contributed by atoms with Crippen molar-refractivity contribution in [2.75, 3.05) is 6.61 Å². The molecule has 0 fully saturated rings. The number of hydrogen-bond donors (Lipinski definition) is 0. The van der Waals surface area contributed by atoms with E-state index in [4.69, 9.17) is 25.8 Å². The molecular formula is C26H20ClNO5. The first-order valence-electron chi connectivity index (χ1n) is 10.3. The molecule has 0 spiro atoms. The molecule has 0 N–H and O–H groups in total. The molecule has 33 heavy (non-hydrogen) atoms. The van der Waals surface area contributed by atoms with Crippen molar-refractivity contribution >= 4 is 35.5 Å². The van der Waals surface area contributed by atoms with Crippen molar-refractivity contribution in [1.82, 2.24) is 0 Å². The van der Waals surface area contributed by atoms with Gasteiger partial charge in [0.1, 0.15) is 0 Å². The van der Waals surface area contributed by atoms with E-state index < -0.39 is 11.9 Å². The molecule has 0 aromatic heterocycles. The summed E-state index contributed by atoms with van der Waals surface area (Å²) in [4.78, 5) is 29.2. The van der Waals surface area contributed by atoms with Crippen LogP contribution in [0, 0.1) is 6.92 Å². The van der Waals surface area contributed by atoms with Crippen molar-refractivity contribution in [3.8, 4) is 11.5 Å². The summed E-state index contributed by atoms with van der Waals surface area (Å²) in [5, 5.41) is 0.434. The van der Waals surface area contributed by atoms with E-state index in [1.165, 1.54) is 0 Å². The molecule has 0 aliphatic carbocycles. The van der Waals surface area contributed by atoms with Gasteiger partial charge in [0.05, 0.1) is 22.8 Å². The SMILES string of the molecule is CCOc1cc(/C=C2\N=C(c3ccccc3Cl)OC2=O)ccc1OC(=O)c1ccccc1C. The summed E-state index contributed by atoms with van der Waals surface area (Å²) < 4.78 is 16.5. The molecule has 3 aromatic carbocycles. The Bertz CT molecular complexity index is 1300. The number of aliphatic imine (C=N–C) groups is 1. The van der Waals surface area contributed by atoms with Crippen LogP contribution >= 0.6 is 11.6 Å². The highest BCUT2D eigenvalue weighted by Crippen LogP contribution is 2.31. The molecule has 0 amide bonds. The highest BCUT2D eigenvalue weighted by molar-refractivity contribution is 6.34. The van der Waals surface area contributed by atoms with Crippen LogP contribution in [0.15, 0.2) is 77.4 Å². The monoisotopic (exact) mass is 461 g/mol. The second kappa shape index (κ2) is 9.71. The molecular weight excluding hydrogens is 442 g/mol. The van der Waals surface area contributed by atoms with Crippen molar-refractivity contribution < 1.29 is 23.8 Å². The van der Waals surface area contributed by atoms with Crippen molar-refractivity contribution in [3.05, 3.63) is 99.7 Å². The first kappa shape index (κ1) is 22.3. The molecule has 1 aliphatic heterocycles. The van der Waals surface area contributed by atoms with Crippen LogP contribution in [-0.2, 0) is 9.53 Å². The Hall–Kier alpha value is -3.90. The lowest BCUT2D eigenvalue weighted by Crippen LogP contribution is -2.11. The first-order chi connectivity index (χ1) is 16.0. The van der Waals surface area contributed by atoms with E-state index >= 15 is 0 Å². The van der Waals surface area contributed by atoms with Gasteiger partial charge < -0.3 is 14.2 Å². The summed E-state index contributed by atoms with van der Waals surface area (Å²) in [6, 6.07) is 19.2.